The fraction of sp³-hybridized carbons (Fsp3) is 0.471. The molecular formula is C17H22O3. The summed E-state index contributed by atoms with van der Waals surface area (Å²) in [6.45, 7) is 7.13. The molecule has 0 spiro atoms. The smallest absolute Gasteiger partial charge is 0.336 e. The van der Waals surface area contributed by atoms with Gasteiger partial charge in [0.25, 0.3) is 0 Å². The molecule has 0 bridgehead atoms. The van der Waals surface area contributed by atoms with Crippen molar-refractivity contribution in [3.63, 3.8) is 0 Å². The molecule has 1 aromatic heterocycles. The van der Waals surface area contributed by atoms with E-state index >= 15 is 0 Å². The SMILES string of the molecule is CCCOc1ccc2ccc(=O)oc2c1CCC(C)C. The van der Waals surface area contributed by atoms with Crippen molar-refractivity contribution in [2.45, 2.75) is 40.0 Å². The Hall–Kier alpha value is -1.77. The van der Waals surface area contributed by atoms with Gasteiger partial charge in [0, 0.05) is 17.0 Å². The van der Waals surface area contributed by atoms with E-state index in [1.54, 1.807) is 0 Å². The number of ether oxygens (including phenoxy) is 1. The third kappa shape index (κ3) is 3.41. The molecule has 2 rings (SSSR count). The molecule has 0 fully saturated rings. The Morgan fingerprint density at radius 2 is 1.95 bits per heavy atom. The first-order valence-corrected chi connectivity index (χ1v) is 7.30. The van der Waals surface area contributed by atoms with Gasteiger partial charge < -0.3 is 9.15 Å². The molecule has 3 heteroatoms. The lowest BCUT2D eigenvalue weighted by Crippen LogP contribution is -2.03. The normalized spacial score (nSPS) is 11.2. The van der Waals surface area contributed by atoms with Crippen LogP contribution in [-0.4, -0.2) is 6.61 Å². The fourth-order valence-electron chi connectivity index (χ4n) is 2.19. The molecule has 3 nitrogen and oxygen atoms in total. The Kier molecular flexibility index (Phi) is 4.83. The van der Waals surface area contributed by atoms with Crippen molar-refractivity contribution in [3.05, 3.63) is 40.2 Å². The highest BCUT2D eigenvalue weighted by Gasteiger charge is 2.12. The van der Waals surface area contributed by atoms with Crippen molar-refractivity contribution < 1.29 is 9.15 Å². The van der Waals surface area contributed by atoms with Gasteiger partial charge >= 0.3 is 5.63 Å². The molecule has 1 heterocycles. The molecule has 108 valence electrons. The van der Waals surface area contributed by atoms with Crippen molar-refractivity contribution >= 4 is 11.0 Å². The summed E-state index contributed by atoms with van der Waals surface area (Å²) in [6.07, 6.45) is 2.86. The zero-order chi connectivity index (χ0) is 14.5. The quantitative estimate of drug-likeness (QED) is 0.742. The molecule has 0 aliphatic carbocycles. The third-order valence-electron chi connectivity index (χ3n) is 3.28. The number of rotatable bonds is 6. The molecule has 0 unspecified atom stereocenters. The van der Waals surface area contributed by atoms with Crippen LogP contribution in [0.15, 0.2) is 33.5 Å². The van der Waals surface area contributed by atoms with Crippen LogP contribution >= 0.6 is 0 Å². The van der Waals surface area contributed by atoms with E-state index in [2.05, 4.69) is 20.8 Å². The van der Waals surface area contributed by atoms with Gasteiger partial charge in [0.1, 0.15) is 11.3 Å². The summed E-state index contributed by atoms with van der Waals surface area (Å²) in [4.78, 5) is 11.5. The van der Waals surface area contributed by atoms with Gasteiger partial charge in [0.15, 0.2) is 0 Å². The second kappa shape index (κ2) is 6.60. The summed E-state index contributed by atoms with van der Waals surface area (Å²) in [7, 11) is 0. The Bertz CT molecular complexity index is 626. The maximum absolute atomic E-state index is 11.5. The molecule has 20 heavy (non-hydrogen) atoms. The first-order valence-electron chi connectivity index (χ1n) is 7.30. The minimum atomic E-state index is -0.309. The van der Waals surface area contributed by atoms with Crippen molar-refractivity contribution in [2.75, 3.05) is 6.61 Å². The summed E-state index contributed by atoms with van der Waals surface area (Å²) >= 11 is 0. The molecule has 0 aliphatic rings. The summed E-state index contributed by atoms with van der Waals surface area (Å²) in [5, 5.41) is 0.951. The van der Waals surface area contributed by atoms with Crippen LogP contribution in [-0.2, 0) is 6.42 Å². The second-order valence-corrected chi connectivity index (χ2v) is 5.50. The van der Waals surface area contributed by atoms with Crippen LogP contribution < -0.4 is 10.4 Å². The molecule has 0 amide bonds. The van der Waals surface area contributed by atoms with Crippen molar-refractivity contribution in [2.24, 2.45) is 5.92 Å². The molecule has 0 atom stereocenters. The van der Waals surface area contributed by atoms with Gasteiger partial charge in [-0.2, -0.15) is 0 Å². The molecule has 0 radical (unpaired) electrons. The van der Waals surface area contributed by atoms with Crippen LogP contribution in [0.1, 0.15) is 39.2 Å². The molecule has 2 aromatic rings. The van der Waals surface area contributed by atoms with Crippen LogP contribution in [0.2, 0.25) is 0 Å². The lowest BCUT2D eigenvalue weighted by Gasteiger charge is -2.13. The zero-order valence-electron chi connectivity index (χ0n) is 12.4. The Labute approximate surface area is 119 Å². The van der Waals surface area contributed by atoms with Crippen molar-refractivity contribution in [3.8, 4) is 5.75 Å². The summed E-state index contributed by atoms with van der Waals surface area (Å²) in [5.74, 6) is 1.44. The topological polar surface area (TPSA) is 39.4 Å². The van der Waals surface area contributed by atoms with E-state index in [9.17, 15) is 4.79 Å². The minimum absolute atomic E-state index is 0.309. The summed E-state index contributed by atoms with van der Waals surface area (Å²) < 4.78 is 11.2. The first kappa shape index (κ1) is 14.6. The van der Waals surface area contributed by atoms with Gasteiger partial charge in [-0.3, -0.25) is 0 Å². The summed E-state index contributed by atoms with van der Waals surface area (Å²) in [6, 6.07) is 7.20. The van der Waals surface area contributed by atoms with E-state index in [0.717, 1.165) is 36.0 Å². The predicted molar refractivity (Wildman–Crippen MR) is 81.4 cm³/mol. The monoisotopic (exact) mass is 274 g/mol. The van der Waals surface area contributed by atoms with Gasteiger partial charge in [0.05, 0.1) is 6.61 Å². The van der Waals surface area contributed by atoms with Crippen LogP contribution in [0.4, 0.5) is 0 Å². The third-order valence-corrected chi connectivity index (χ3v) is 3.28. The fourth-order valence-corrected chi connectivity index (χ4v) is 2.19. The van der Waals surface area contributed by atoms with Gasteiger partial charge in [0.2, 0.25) is 0 Å². The van der Waals surface area contributed by atoms with Gasteiger partial charge in [-0.1, -0.05) is 20.8 Å². The van der Waals surface area contributed by atoms with Crippen LogP contribution in [0, 0.1) is 5.92 Å². The molecular weight excluding hydrogens is 252 g/mol. The van der Waals surface area contributed by atoms with E-state index in [-0.39, 0.29) is 5.63 Å². The Morgan fingerprint density at radius 1 is 1.20 bits per heavy atom. The molecule has 0 aliphatic heterocycles. The van der Waals surface area contributed by atoms with Crippen molar-refractivity contribution in [1.82, 2.24) is 0 Å². The van der Waals surface area contributed by atoms with E-state index in [4.69, 9.17) is 9.15 Å². The lowest BCUT2D eigenvalue weighted by molar-refractivity contribution is 0.313. The maximum Gasteiger partial charge on any atom is 0.336 e. The Balaban J connectivity index is 2.48. The van der Waals surface area contributed by atoms with Crippen LogP contribution in [0.5, 0.6) is 5.75 Å². The van der Waals surface area contributed by atoms with E-state index in [1.807, 2.05) is 18.2 Å². The number of hydrogen-bond donors (Lipinski definition) is 0. The highest BCUT2D eigenvalue weighted by Crippen LogP contribution is 2.29. The maximum atomic E-state index is 11.5. The van der Waals surface area contributed by atoms with Crippen LogP contribution in [0.25, 0.3) is 11.0 Å². The molecule has 0 N–H and O–H groups in total. The highest BCUT2D eigenvalue weighted by atomic mass is 16.5. The van der Waals surface area contributed by atoms with Crippen LogP contribution in [0.3, 0.4) is 0 Å². The number of benzene rings is 1. The Morgan fingerprint density at radius 3 is 2.65 bits per heavy atom. The average Bonchev–Trinajstić information content (AvgIpc) is 2.42. The highest BCUT2D eigenvalue weighted by molar-refractivity contribution is 5.82. The van der Waals surface area contributed by atoms with Gasteiger partial charge in [-0.15, -0.1) is 0 Å². The van der Waals surface area contributed by atoms with Gasteiger partial charge in [-0.25, -0.2) is 4.79 Å². The standard InChI is InChI=1S/C17H22O3/c1-4-11-19-15-9-6-13-7-10-16(18)20-17(13)14(15)8-5-12(2)3/h6-7,9-10,12H,4-5,8,11H2,1-3H3. The average molecular weight is 274 g/mol. The minimum Gasteiger partial charge on any atom is -0.493 e. The van der Waals surface area contributed by atoms with E-state index < -0.39 is 0 Å². The predicted octanol–water partition coefficient (Wildman–Crippen LogP) is 4.17. The van der Waals surface area contributed by atoms with E-state index in [0.29, 0.717) is 18.1 Å². The van der Waals surface area contributed by atoms with E-state index in [1.165, 1.54) is 6.07 Å². The second-order valence-electron chi connectivity index (χ2n) is 5.50. The molecule has 1 aromatic carbocycles. The van der Waals surface area contributed by atoms with Gasteiger partial charge in [-0.05, 0) is 43.4 Å². The first-order chi connectivity index (χ1) is 9.61. The number of fused-ring (bicyclic) bond motifs is 1. The number of hydrogen-bond acceptors (Lipinski definition) is 3. The largest absolute Gasteiger partial charge is 0.493 e. The summed E-state index contributed by atoms with van der Waals surface area (Å²) in [5.41, 5.74) is 1.38. The van der Waals surface area contributed by atoms with Crippen molar-refractivity contribution in [1.29, 1.82) is 0 Å². The number of aryl methyl sites for hydroxylation is 1. The molecule has 0 saturated heterocycles. The molecule has 0 saturated carbocycles. The lowest BCUT2D eigenvalue weighted by atomic mass is 10.00. The zero-order valence-corrected chi connectivity index (χ0v) is 12.4.